The standard InChI is InChI=1S/C17H28N4O2Si/c1-17(2)12-21(14(22)6-7-18)15(17)16-19-8-9-20(16)13-23-10-11-24(3,4)5/h8-9,15H,6,10-13H2,1-5H3. The van der Waals surface area contributed by atoms with Crippen molar-refractivity contribution in [3.05, 3.63) is 18.2 Å². The van der Waals surface area contributed by atoms with Gasteiger partial charge in [-0.1, -0.05) is 33.5 Å². The lowest BCUT2D eigenvalue weighted by Crippen LogP contribution is -2.58. The quantitative estimate of drug-likeness (QED) is 0.561. The summed E-state index contributed by atoms with van der Waals surface area (Å²) >= 11 is 0. The zero-order valence-corrected chi connectivity index (χ0v) is 16.4. The summed E-state index contributed by atoms with van der Waals surface area (Å²) in [7, 11) is -1.10. The molecule has 1 aromatic heterocycles. The highest BCUT2D eigenvalue weighted by Crippen LogP contribution is 2.47. The van der Waals surface area contributed by atoms with E-state index >= 15 is 0 Å². The molecule has 6 nitrogen and oxygen atoms in total. The number of carbonyl (C=O) groups excluding carboxylic acids is 1. The Morgan fingerprint density at radius 1 is 1.50 bits per heavy atom. The molecular formula is C17H28N4O2Si. The summed E-state index contributed by atoms with van der Waals surface area (Å²) in [6, 6.07) is 2.96. The molecule has 7 heteroatoms. The Labute approximate surface area is 145 Å². The van der Waals surface area contributed by atoms with E-state index in [2.05, 4.69) is 38.5 Å². The summed E-state index contributed by atoms with van der Waals surface area (Å²) in [6.07, 6.45) is 3.56. The van der Waals surface area contributed by atoms with E-state index in [1.165, 1.54) is 0 Å². The maximum absolute atomic E-state index is 12.1. The Morgan fingerprint density at radius 2 is 2.21 bits per heavy atom. The van der Waals surface area contributed by atoms with Crippen LogP contribution in [0.4, 0.5) is 0 Å². The van der Waals surface area contributed by atoms with Gasteiger partial charge < -0.3 is 14.2 Å². The zero-order chi connectivity index (χ0) is 18.0. The molecule has 1 saturated heterocycles. The lowest BCUT2D eigenvalue weighted by Gasteiger charge is -2.53. The van der Waals surface area contributed by atoms with Crippen molar-refractivity contribution in [2.45, 2.75) is 58.7 Å². The Morgan fingerprint density at radius 3 is 2.79 bits per heavy atom. The minimum Gasteiger partial charge on any atom is -0.361 e. The highest BCUT2D eigenvalue weighted by molar-refractivity contribution is 6.76. The van der Waals surface area contributed by atoms with Gasteiger partial charge in [-0.3, -0.25) is 4.79 Å². The monoisotopic (exact) mass is 348 g/mol. The highest BCUT2D eigenvalue weighted by atomic mass is 28.3. The van der Waals surface area contributed by atoms with Gasteiger partial charge in [-0.15, -0.1) is 0 Å². The van der Waals surface area contributed by atoms with Crippen LogP contribution in [0.5, 0.6) is 0 Å². The number of hydrogen-bond acceptors (Lipinski definition) is 4. The number of nitriles is 1. The van der Waals surface area contributed by atoms with Crippen LogP contribution in [-0.4, -0.2) is 41.6 Å². The van der Waals surface area contributed by atoms with E-state index in [1.807, 2.05) is 16.8 Å². The predicted molar refractivity (Wildman–Crippen MR) is 94.8 cm³/mol. The van der Waals surface area contributed by atoms with Gasteiger partial charge in [-0.2, -0.15) is 5.26 Å². The van der Waals surface area contributed by atoms with Gasteiger partial charge in [0.1, 0.15) is 19.0 Å². The van der Waals surface area contributed by atoms with E-state index in [0.717, 1.165) is 18.5 Å². The molecule has 1 atom stereocenters. The van der Waals surface area contributed by atoms with Crippen molar-refractivity contribution in [1.82, 2.24) is 14.5 Å². The van der Waals surface area contributed by atoms with Crippen LogP contribution in [0.3, 0.4) is 0 Å². The fourth-order valence-electron chi connectivity index (χ4n) is 3.04. The number of ether oxygens (including phenoxy) is 1. The normalized spacial score (nSPS) is 19.7. The third kappa shape index (κ3) is 4.25. The van der Waals surface area contributed by atoms with Crippen LogP contribution in [0, 0.1) is 16.7 Å². The third-order valence-electron chi connectivity index (χ3n) is 4.40. The minimum atomic E-state index is -1.10. The van der Waals surface area contributed by atoms with Crippen molar-refractivity contribution < 1.29 is 9.53 Å². The molecule has 2 rings (SSSR count). The summed E-state index contributed by atoms with van der Waals surface area (Å²) in [6.45, 7) is 13.1. The van der Waals surface area contributed by atoms with Crippen molar-refractivity contribution in [2.75, 3.05) is 13.2 Å². The fraction of sp³-hybridized carbons (Fsp3) is 0.706. The second-order valence-corrected chi connectivity index (χ2v) is 14.0. The maximum atomic E-state index is 12.1. The van der Waals surface area contributed by atoms with Crippen molar-refractivity contribution in [1.29, 1.82) is 5.26 Å². The minimum absolute atomic E-state index is 0.0491. The highest BCUT2D eigenvalue weighted by Gasteiger charge is 2.50. The smallest absolute Gasteiger partial charge is 0.237 e. The van der Waals surface area contributed by atoms with Crippen molar-refractivity contribution in [3.63, 3.8) is 0 Å². The van der Waals surface area contributed by atoms with Crippen LogP contribution in [0.1, 0.15) is 32.1 Å². The lowest BCUT2D eigenvalue weighted by molar-refractivity contribution is -0.152. The number of aromatic nitrogens is 2. The van der Waals surface area contributed by atoms with Gasteiger partial charge >= 0.3 is 0 Å². The molecule has 0 bridgehead atoms. The number of carbonyl (C=O) groups is 1. The summed E-state index contributed by atoms with van der Waals surface area (Å²) in [5.41, 5.74) is -0.0491. The average Bonchev–Trinajstić information content (AvgIpc) is 2.88. The van der Waals surface area contributed by atoms with E-state index in [4.69, 9.17) is 10.00 Å². The third-order valence-corrected chi connectivity index (χ3v) is 6.10. The van der Waals surface area contributed by atoms with Crippen LogP contribution >= 0.6 is 0 Å². The summed E-state index contributed by atoms with van der Waals surface area (Å²) < 4.78 is 7.80. The molecule has 1 unspecified atom stereocenters. The van der Waals surface area contributed by atoms with Crippen LogP contribution in [0.15, 0.2) is 12.4 Å². The van der Waals surface area contributed by atoms with Crippen LogP contribution in [0.2, 0.25) is 25.7 Å². The molecule has 0 saturated carbocycles. The molecule has 132 valence electrons. The molecule has 0 radical (unpaired) electrons. The van der Waals surface area contributed by atoms with Gasteiger partial charge in [-0.05, 0) is 6.04 Å². The van der Waals surface area contributed by atoms with Gasteiger partial charge in [0.2, 0.25) is 5.91 Å². The van der Waals surface area contributed by atoms with Gasteiger partial charge in [-0.25, -0.2) is 4.98 Å². The molecule has 1 aliphatic heterocycles. The maximum Gasteiger partial charge on any atom is 0.237 e. The Hall–Kier alpha value is -1.65. The number of rotatable bonds is 7. The second kappa shape index (κ2) is 7.07. The van der Waals surface area contributed by atoms with Crippen LogP contribution in [-0.2, 0) is 16.3 Å². The number of nitrogens with zero attached hydrogens (tertiary/aromatic N) is 4. The summed E-state index contributed by atoms with van der Waals surface area (Å²) in [4.78, 5) is 18.4. The largest absolute Gasteiger partial charge is 0.361 e. The first-order valence-electron chi connectivity index (χ1n) is 8.41. The van der Waals surface area contributed by atoms with Crippen molar-refractivity contribution in [2.24, 2.45) is 5.41 Å². The molecule has 1 aliphatic rings. The molecule has 2 heterocycles. The van der Waals surface area contributed by atoms with E-state index in [9.17, 15) is 4.79 Å². The number of hydrogen-bond donors (Lipinski definition) is 0. The Balaban J connectivity index is 2.04. The van der Waals surface area contributed by atoms with E-state index in [0.29, 0.717) is 13.3 Å². The topological polar surface area (TPSA) is 71.2 Å². The second-order valence-electron chi connectivity index (χ2n) is 8.35. The predicted octanol–water partition coefficient (Wildman–Crippen LogP) is 3.02. The number of likely N-dealkylation sites (tertiary alicyclic amines) is 1. The molecule has 24 heavy (non-hydrogen) atoms. The molecule has 1 fully saturated rings. The van der Waals surface area contributed by atoms with Crippen molar-refractivity contribution in [3.8, 4) is 6.07 Å². The lowest BCUT2D eigenvalue weighted by atomic mass is 9.74. The van der Waals surface area contributed by atoms with E-state index in [-0.39, 0.29) is 23.8 Å². The van der Waals surface area contributed by atoms with Crippen LogP contribution < -0.4 is 0 Å². The summed E-state index contributed by atoms with van der Waals surface area (Å²) in [5, 5.41) is 8.78. The fourth-order valence-corrected chi connectivity index (χ4v) is 3.79. The van der Waals surface area contributed by atoms with Gasteiger partial charge in [0.05, 0.1) is 12.1 Å². The summed E-state index contributed by atoms with van der Waals surface area (Å²) in [5.74, 6) is 0.710. The average molecular weight is 349 g/mol. The van der Waals surface area contributed by atoms with E-state index < -0.39 is 8.07 Å². The first-order valence-corrected chi connectivity index (χ1v) is 12.1. The molecule has 0 N–H and O–H groups in total. The molecule has 1 aromatic rings. The molecular weight excluding hydrogens is 320 g/mol. The van der Waals surface area contributed by atoms with Crippen LogP contribution in [0.25, 0.3) is 0 Å². The SMILES string of the molecule is CC1(C)CN(C(=O)CC#N)C1c1nccn1COCC[Si](C)(C)C. The molecule has 0 aliphatic carbocycles. The van der Waals surface area contributed by atoms with Gasteiger partial charge in [0, 0.05) is 39.0 Å². The van der Waals surface area contributed by atoms with E-state index in [1.54, 1.807) is 11.1 Å². The van der Waals surface area contributed by atoms with Gasteiger partial charge in [0.15, 0.2) is 0 Å². The Kier molecular flexibility index (Phi) is 5.51. The Bertz CT molecular complexity index is 627. The molecule has 0 spiro atoms. The number of imidazole rings is 1. The molecule has 1 amide bonds. The molecule has 0 aromatic carbocycles. The first kappa shape index (κ1) is 18.7. The number of amides is 1. The first-order chi connectivity index (χ1) is 11.2. The van der Waals surface area contributed by atoms with Crippen molar-refractivity contribution >= 4 is 14.0 Å². The van der Waals surface area contributed by atoms with Gasteiger partial charge in [0.25, 0.3) is 0 Å². The zero-order valence-electron chi connectivity index (χ0n) is 15.4.